The Morgan fingerprint density at radius 3 is 2.30 bits per heavy atom. The average molecular weight is 466 g/mol. The van der Waals surface area contributed by atoms with Gasteiger partial charge in [-0.1, -0.05) is 23.7 Å². The van der Waals surface area contributed by atoms with Crippen molar-refractivity contribution in [1.82, 2.24) is 19.7 Å². The number of carbonyl (C=O) groups is 2. The number of anilines is 2. The quantitative estimate of drug-likeness (QED) is 0.391. The Balaban J connectivity index is 1.45. The first-order valence-electron chi connectivity index (χ1n) is 10.6. The Bertz CT molecular complexity index is 1170. The molecule has 3 heterocycles. The second-order valence-electron chi connectivity index (χ2n) is 7.77. The summed E-state index contributed by atoms with van der Waals surface area (Å²) >= 11 is 5.83. The van der Waals surface area contributed by atoms with E-state index in [-0.39, 0.29) is 17.3 Å². The second-order valence-corrected chi connectivity index (χ2v) is 8.21. The summed E-state index contributed by atoms with van der Waals surface area (Å²) in [5, 5.41) is 18.4. The second kappa shape index (κ2) is 9.83. The molecule has 1 aromatic carbocycles. The summed E-state index contributed by atoms with van der Waals surface area (Å²) in [6.45, 7) is 1.77. The van der Waals surface area contributed by atoms with Crippen LogP contribution in [0.5, 0.6) is 0 Å². The van der Waals surface area contributed by atoms with Crippen molar-refractivity contribution < 1.29 is 9.59 Å². The van der Waals surface area contributed by atoms with E-state index in [1.54, 1.807) is 43.4 Å². The van der Waals surface area contributed by atoms with Gasteiger partial charge < -0.3 is 15.5 Å². The summed E-state index contributed by atoms with van der Waals surface area (Å²) in [4.78, 5) is 31.7. The van der Waals surface area contributed by atoms with Gasteiger partial charge in [0.25, 0.3) is 11.8 Å². The minimum Gasteiger partial charge on any atom is -0.357 e. The molecule has 0 aliphatic carbocycles. The number of benzene rings is 1. The highest BCUT2D eigenvalue weighted by Crippen LogP contribution is 2.19. The molecule has 3 aromatic rings. The zero-order chi connectivity index (χ0) is 23.4. The van der Waals surface area contributed by atoms with Gasteiger partial charge in [-0.3, -0.25) is 19.7 Å². The number of nitrogens with zero attached hydrogens (tertiary/aromatic N) is 4. The van der Waals surface area contributed by atoms with E-state index in [9.17, 15) is 9.59 Å². The average Bonchev–Trinajstić information content (AvgIpc) is 3.20. The number of hydrogen-bond donors (Lipinski definition) is 3. The molecule has 0 bridgehead atoms. The van der Waals surface area contributed by atoms with E-state index >= 15 is 0 Å². The Hall–Kier alpha value is -3.72. The van der Waals surface area contributed by atoms with Crippen molar-refractivity contribution >= 4 is 40.9 Å². The van der Waals surface area contributed by atoms with Gasteiger partial charge in [0.15, 0.2) is 0 Å². The summed E-state index contributed by atoms with van der Waals surface area (Å²) in [7, 11) is 1.63. The Labute approximate surface area is 196 Å². The molecule has 2 aromatic heterocycles. The fourth-order valence-corrected chi connectivity index (χ4v) is 3.76. The van der Waals surface area contributed by atoms with Crippen LogP contribution in [0.25, 0.3) is 0 Å². The molecular weight excluding hydrogens is 442 g/mol. The van der Waals surface area contributed by atoms with Crippen LogP contribution in [0.15, 0.2) is 48.8 Å². The maximum absolute atomic E-state index is 12.8. The first kappa shape index (κ1) is 22.5. The van der Waals surface area contributed by atoms with Gasteiger partial charge in [0.1, 0.15) is 23.0 Å². The Kier molecular flexibility index (Phi) is 6.69. The predicted molar refractivity (Wildman–Crippen MR) is 127 cm³/mol. The molecular formula is C23H24ClN7O2. The number of hydrogen-bond acceptors (Lipinski definition) is 5. The number of nitrogens with one attached hydrogen (secondary N) is 3. The molecule has 170 valence electrons. The van der Waals surface area contributed by atoms with Gasteiger partial charge >= 0.3 is 0 Å². The smallest absolute Gasteiger partial charge is 0.262 e. The number of piperidine rings is 1. The van der Waals surface area contributed by atoms with Crippen molar-refractivity contribution in [2.45, 2.75) is 19.3 Å². The van der Waals surface area contributed by atoms with Crippen LogP contribution in [0.2, 0.25) is 5.02 Å². The van der Waals surface area contributed by atoms with Crippen LogP contribution >= 0.6 is 11.6 Å². The molecule has 3 N–H and O–H groups in total. The lowest BCUT2D eigenvalue weighted by molar-refractivity contribution is 0.102. The molecule has 1 aliphatic rings. The Morgan fingerprint density at radius 2 is 1.64 bits per heavy atom. The highest BCUT2D eigenvalue weighted by Gasteiger charge is 2.20. The summed E-state index contributed by atoms with van der Waals surface area (Å²) in [5.74, 6) is 0.226. The van der Waals surface area contributed by atoms with E-state index in [2.05, 4.69) is 25.6 Å². The lowest BCUT2D eigenvalue weighted by atomic mass is 10.1. The molecule has 0 radical (unpaired) electrons. The number of amides is 2. The van der Waals surface area contributed by atoms with Crippen molar-refractivity contribution in [1.29, 1.82) is 5.41 Å². The number of aromatic nitrogens is 3. The molecule has 0 atom stereocenters. The van der Waals surface area contributed by atoms with Crippen LogP contribution in [0.4, 0.5) is 11.6 Å². The van der Waals surface area contributed by atoms with Gasteiger partial charge in [-0.25, -0.2) is 4.98 Å². The van der Waals surface area contributed by atoms with Gasteiger partial charge in [-0.15, -0.1) is 0 Å². The van der Waals surface area contributed by atoms with Crippen molar-refractivity contribution in [3.63, 3.8) is 0 Å². The first-order valence-corrected chi connectivity index (χ1v) is 11.0. The summed E-state index contributed by atoms with van der Waals surface area (Å²) in [5.41, 5.74) is 1.38. The Morgan fingerprint density at radius 1 is 0.939 bits per heavy atom. The third-order valence-corrected chi connectivity index (χ3v) is 5.70. The largest absolute Gasteiger partial charge is 0.357 e. The van der Waals surface area contributed by atoms with Crippen LogP contribution in [-0.2, 0) is 7.05 Å². The fraction of sp³-hybridized carbons (Fsp3) is 0.261. The van der Waals surface area contributed by atoms with Crippen LogP contribution in [0.1, 0.15) is 45.5 Å². The molecule has 2 amide bonds. The minimum absolute atomic E-state index is 0.200. The molecule has 9 nitrogen and oxygen atoms in total. The van der Waals surface area contributed by atoms with Crippen LogP contribution in [0, 0.1) is 5.41 Å². The molecule has 1 fully saturated rings. The number of halogens is 1. The maximum atomic E-state index is 12.8. The zero-order valence-electron chi connectivity index (χ0n) is 18.1. The molecule has 1 saturated heterocycles. The molecule has 10 heteroatoms. The first-order chi connectivity index (χ1) is 15.9. The van der Waals surface area contributed by atoms with Gasteiger partial charge in [0.2, 0.25) is 0 Å². The SMILES string of the molecule is Cn1ncc(C(=O)Nc2ccc(Cl)cn2)c1NC(=O)c1ccc(C(=N)N2CCCCC2)cc1. The van der Waals surface area contributed by atoms with Crippen molar-refractivity contribution in [2.24, 2.45) is 7.05 Å². The molecule has 0 saturated carbocycles. The normalized spacial score (nSPS) is 13.5. The molecule has 4 rings (SSSR count). The number of likely N-dealkylation sites (tertiary alicyclic amines) is 1. The van der Waals surface area contributed by atoms with Gasteiger partial charge in [0.05, 0.1) is 11.2 Å². The van der Waals surface area contributed by atoms with Crippen molar-refractivity contribution in [2.75, 3.05) is 23.7 Å². The van der Waals surface area contributed by atoms with Crippen LogP contribution in [-0.4, -0.2) is 50.4 Å². The highest BCUT2D eigenvalue weighted by atomic mass is 35.5. The van der Waals surface area contributed by atoms with E-state index in [0.717, 1.165) is 31.5 Å². The molecule has 1 aliphatic heterocycles. The standard InChI is InChI=1S/C23H24ClN7O2/c1-30-21(18(14-27-30)23(33)28-19-10-9-17(24)13-26-19)29-22(32)16-7-5-15(6-8-16)20(25)31-11-3-2-4-12-31/h5-10,13-14,25H,2-4,11-12H2,1H3,(H,29,32)(H,26,28,33). The highest BCUT2D eigenvalue weighted by molar-refractivity contribution is 6.30. The maximum Gasteiger partial charge on any atom is 0.262 e. The van der Waals surface area contributed by atoms with Crippen LogP contribution < -0.4 is 10.6 Å². The lowest BCUT2D eigenvalue weighted by Gasteiger charge is -2.29. The molecule has 0 unspecified atom stereocenters. The van der Waals surface area contributed by atoms with E-state index in [1.165, 1.54) is 23.5 Å². The zero-order valence-corrected chi connectivity index (χ0v) is 18.9. The molecule has 33 heavy (non-hydrogen) atoms. The third-order valence-electron chi connectivity index (χ3n) is 5.48. The minimum atomic E-state index is -0.460. The molecule has 0 spiro atoms. The topological polar surface area (TPSA) is 116 Å². The summed E-state index contributed by atoms with van der Waals surface area (Å²) in [6.07, 6.45) is 6.20. The van der Waals surface area contributed by atoms with E-state index in [0.29, 0.717) is 22.2 Å². The third kappa shape index (κ3) is 5.20. The number of amidine groups is 1. The number of aryl methyl sites for hydroxylation is 1. The van der Waals surface area contributed by atoms with Crippen molar-refractivity contribution in [3.8, 4) is 0 Å². The van der Waals surface area contributed by atoms with Gasteiger partial charge in [0, 0.05) is 37.5 Å². The number of rotatable bonds is 5. The number of pyridine rings is 1. The van der Waals surface area contributed by atoms with E-state index in [4.69, 9.17) is 17.0 Å². The predicted octanol–water partition coefficient (Wildman–Crippen LogP) is 3.78. The lowest BCUT2D eigenvalue weighted by Crippen LogP contribution is -2.35. The van der Waals surface area contributed by atoms with E-state index < -0.39 is 5.91 Å². The fourth-order valence-electron chi connectivity index (χ4n) is 3.64. The van der Waals surface area contributed by atoms with Crippen molar-refractivity contribution in [3.05, 3.63) is 70.5 Å². The van der Waals surface area contributed by atoms with Gasteiger partial charge in [-0.2, -0.15) is 5.10 Å². The van der Waals surface area contributed by atoms with Gasteiger partial charge in [-0.05, 0) is 43.5 Å². The monoisotopic (exact) mass is 465 g/mol. The summed E-state index contributed by atoms with van der Waals surface area (Å²) < 4.78 is 1.42. The number of carbonyl (C=O) groups excluding carboxylic acids is 2. The van der Waals surface area contributed by atoms with E-state index in [1.807, 2.05) is 0 Å². The summed E-state index contributed by atoms with van der Waals surface area (Å²) in [6, 6.07) is 10.1. The van der Waals surface area contributed by atoms with Crippen LogP contribution in [0.3, 0.4) is 0 Å².